The van der Waals surface area contributed by atoms with Crippen LogP contribution < -0.4 is 0 Å². The summed E-state index contributed by atoms with van der Waals surface area (Å²) in [7, 11) is 0. The third-order valence-electron chi connectivity index (χ3n) is 2.38. The molecular formula is C9H15NO3. The summed E-state index contributed by atoms with van der Waals surface area (Å²) in [6.45, 7) is 4.55. The van der Waals surface area contributed by atoms with Gasteiger partial charge in [0.2, 0.25) is 5.91 Å². The summed E-state index contributed by atoms with van der Waals surface area (Å²) in [5, 5.41) is 8.94. The number of hydrogen-bond donors (Lipinski definition) is 1. The minimum absolute atomic E-state index is 0.142. The summed E-state index contributed by atoms with van der Waals surface area (Å²) < 4.78 is 0. The zero-order valence-electron chi connectivity index (χ0n) is 8.20. The van der Waals surface area contributed by atoms with Gasteiger partial charge < -0.3 is 10.0 Å². The second-order valence-electron chi connectivity index (χ2n) is 3.98. The smallest absolute Gasteiger partial charge is 0.329 e. The Morgan fingerprint density at radius 2 is 1.85 bits per heavy atom. The van der Waals surface area contributed by atoms with Gasteiger partial charge in [-0.25, -0.2) is 4.79 Å². The van der Waals surface area contributed by atoms with Crippen LogP contribution in [0.25, 0.3) is 0 Å². The Morgan fingerprint density at radius 1 is 1.38 bits per heavy atom. The van der Waals surface area contributed by atoms with Crippen LogP contribution in [0.3, 0.4) is 0 Å². The zero-order chi connectivity index (χ0) is 10.2. The number of rotatable bonds is 3. The van der Waals surface area contributed by atoms with Crippen LogP contribution in [0.15, 0.2) is 0 Å². The van der Waals surface area contributed by atoms with Crippen molar-refractivity contribution in [3.8, 4) is 0 Å². The van der Waals surface area contributed by atoms with Gasteiger partial charge in [-0.1, -0.05) is 0 Å². The van der Waals surface area contributed by atoms with Crippen LogP contribution in [-0.2, 0) is 9.59 Å². The van der Waals surface area contributed by atoms with Gasteiger partial charge in [-0.05, 0) is 26.7 Å². The van der Waals surface area contributed by atoms with E-state index >= 15 is 0 Å². The zero-order valence-corrected chi connectivity index (χ0v) is 8.20. The molecular weight excluding hydrogens is 170 g/mol. The van der Waals surface area contributed by atoms with Crippen molar-refractivity contribution in [3.63, 3.8) is 0 Å². The van der Waals surface area contributed by atoms with Crippen LogP contribution in [0.2, 0.25) is 0 Å². The van der Waals surface area contributed by atoms with Crippen molar-refractivity contribution in [2.75, 3.05) is 0 Å². The lowest BCUT2D eigenvalue weighted by molar-refractivity contribution is -0.156. The van der Waals surface area contributed by atoms with Gasteiger partial charge in [0.15, 0.2) is 0 Å². The molecule has 0 heterocycles. The number of carbonyl (C=O) groups is 2. The van der Waals surface area contributed by atoms with Crippen molar-refractivity contribution < 1.29 is 14.7 Å². The van der Waals surface area contributed by atoms with E-state index in [1.54, 1.807) is 13.8 Å². The maximum absolute atomic E-state index is 11.2. The molecule has 0 radical (unpaired) electrons. The van der Waals surface area contributed by atoms with E-state index in [4.69, 9.17) is 5.11 Å². The quantitative estimate of drug-likeness (QED) is 0.709. The van der Waals surface area contributed by atoms with Crippen molar-refractivity contribution in [2.24, 2.45) is 0 Å². The predicted octanol–water partition coefficient (Wildman–Crippen LogP) is 0.861. The largest absolute Gasteiger partial charge is 0.480 e. The van der Waals surface area contributed by atoms with Crippen LogP contribution in [0, 0.1) is 0 Å². The lowest BCUT2D eigenvalue weighted by atomic mass is 10.0. The Labute approximate surface area is 77.5 Å². The van der Waals surface area contributed by atoms with Crippen LogP contribution >= 0.6 is 0 Å². The van der Waals surface area contributed by atoms with Crippen molar-refractivity contribution in [3.05, 3.63) is 0 Å². The number of carboxylic acids is 1. The van der Waals surface area contributed by atoms with Crippen molar-refractivity contribution in [2.45, 2.75) is 45.2 Å². The van der Waals surface area contributed by atoms with Gasteiger partial charge in [0.25, 0.3) is 0 Å². The molecule has 0 aromatic rings. The molecule has 1 N–H and O–H groups in total. The van der Waals surface area contributed by atoms with Crippen LogP contribution in [0.4, 0.5) is 0 Å². The number of hydrogen-bond acceptors (Lipinski definition) is 2. The molecule has 1 saturated carbocycles. The van der Waals surface area contributed by atoms with Crippen LogP contribution in [-0.4, -0.2) is 33.5 Å². The topological polar surface area (TPSA) is 57.6 Å². The fourth-order valence-electron chi connectivity index (χ4n) is 1.54. The summed E-state index contributed by atoms with van der Waals surface area (Å²) >= 11 is 0. The average Bonchev–Trinajstić information content (AvgIpc) is 2.69. The Hall–Kier alpha value is -1.06. The first kappa shape index (κ1) is 10.0. The lowest BCUT2D eigenvalue weighted by Gasteiger charge is -2.34. The molecule has 1 aliphatic carbocycles. The summed E-state index contributed by atoms with van der Waals surface area (Å²) in [5.74, 6) is -1.11. The van der Waals surface area contributed by atoms with Crippen molar-refractivity contribution in [1.82, 2.24) is 4.90 Å². The van der Waals surface area contributed by atoms with Gasteiger partial charge in [-0.15, -0.1) is 0 Å². The lowest BCUT2D eigenvalue weighted by Crippen LogP contribution is -2.53. The van der Waals surface area contributed by atoms with Gasteiger partial charge >= 0.3 is 5.97 Å². The maximum atomic E-state index is 11.2. The van der Waals surface area contributed by atoms with Crippen LogP contribution in [0.5, 0.6) is 0 Å². The van der Waals surface area contributed by atoms with Gasteiger partial charge in [-0.3, -0.25) is 4.79 Å². The van der Waals surface area contributed by atoms with Crippen molar-refractivity contribution >= 4 is 11.9 Å². The molecule has 0 atom stereocenters. The summed E-state index contributed by atoms with van der Waals surface area (Å²) in [6, 6.07) is 0.142. The molecule has 74 valence electrons. The Bertz CT molecular complexity index is 243. The highest BCUT2D eigenvalue weighted by molar-refractivity contribution is 5.85. The van der Waals surface area contributed by atoms with Gasteiger partial charge in [0.1, 0.15) is 5.54 Å². The highest BCUT2D eigenvalue weighted by Gasteiger charge is 2.44. The molecule has 4 nitrogen and oxygen atoms in total. The standard InChI is InChI=1S/C9H15NO3/c1-6(11)10(7-4-5-7)9(2,3)8(12)13/h7H,4-5H2,1-3H3,(H,12,13). The number of carboxylic acid groups (broad SMARTS) is 1. The van der Waals surface area contributed by atoms with Crippen LogP contribution in [0.1, 0.15) is 33.6 Å². The van der Waals surface area contributed by atoms with Gasteiger partial charge in [-0.2, -0.15) is 0 Å². The average molecular weight is 185 g/mol. The molecule has 0 aliphatic heterocycles. The minimum Gasteiger partial charge on any atom is -0.480 e. The minimum atomic E-state index is -1.08. The predicted molar refractivity (Wildman–Crippen MR) is 47.3 cm³/mol. The first-order valence-electron chi connectivity index (χ1n) is 4.40. The third-order valence-corrected chi connectivity index (χ3v) is 2.38. The van der Waals surface area contributed by atoms with E-state index in [1.165, 1.54) is 11.8 Å². The fraction of sp³-hybridized carbons (Fsp3) is 0.778. The third kappa shape index (κ3) is 1.82. The highest BCUT2D eigenvalue weighted by atomic mass is 16.4. The van der Waals surface area contributed by atoms with E-state index in [0.717, 1.165) is 12.8 Å². The van der Waals surface area contributed by atoms with Gasteiger partial charge in [0, 0.05) is 13.0 Å². The fourth-order valence-corrected chi connectivity index (χ4v) is 1.54. The molecule has 13 heavy (non-hydrogen) atoms. The first-order valence-corrected chi connectivity index (χ1v) is 4.40. The molecule has 1 amide bonds. The van der Waals surface area contributed by atoms with E-state index in [1.807, 2.05) is 0 Å². The Kier molecular flexibility index (Phi) is 2.32. The second kappa shape index (κ2) is 3.01. The van der Waals surface area contributed by atoms with E-state index in [0.29, 0.717) is 0 Å². The second-order valence-corrected chi connectivity index (χ2v) is 3.98. The SMILES string of the molecule is CC(=O)N(C1CC1)C(C)(C)C(=O)O. The normalized spacial score (nSPS) is 16.8. The number of amides is 1. The molecule has 0 bridgehead atoms. The maximum Gasteiger partial charge on any atom is 0.329 e. The van der Waals surface area contributed by atoms with E-state index in [9.17, 15) is 9.59 Å². The Balaban J connectivity index is 2.85. The van der Waals surface area contributed by atoms with E-state index < -0.39 is 11.5 Å². The highest BCUT2D eigenvalue weighted by Crippen LogP contribution is 2.32. The number of nitrogens with zero attached hydrogens (tertiary/aromatic N) is 1. The molecule has 0 spiro atoms. The van der Waals surface area contributed by atoms with Gasteiger partial charge in [0.05, 0.1) is 0 Å². The Morgan fingerprint density at radius 3 is 2.08 bits per heavy atom. The molecule has 1 rings (SSSR count). The molecule has 0 unspecified atom stereocenters. The first-order chi connectivity index (χ1) is 5.87. The van der Waals surface area contributed by atoms with E-state index in [-0.39, 0.29) is 11.9 Å². The summed E-state index contributed by atoms with van der Waals surface area (Å²) in [5.41, 5.74) is -1.08. The molecule has 0 aromatic carbocycles. The number of aliphatic carboxylic acids is 1. The molecule has 0 aromatic heterocycles. The molecule has 4 heteroatoms. The number of carbonyl (C=O) groups excluding carboxylic acids is 1. The monoisotopic (exact) mass is 185 g/mol. The molecule has 1 aliphatic rings. The molecule has 0 saturated heterocycles. The van der Waals surface area contributed by atoms with Crippen molar-refractivity contribution in [1.29, 1.82) is 0 Å². The van der Waals surface area contributed by atoms with E-state index in [2.05, 4.69) is 0 Å². The summed E-state index contributed by atoms with van der Waals surface area (Å²) in [6.07, 6.45) is 1.85. The molecule has 1 fully saturated rings. The summed E-state index contributed by atoms with van der Waals surface area (Å²) in [4.78, 5) is 23.6.